The molecule has 0 spiro atoms. The van der Waals surface area contributed by atoms with Gasteiger partial charge >= 0.3 is 7.12 Å². The van der Waals surface area contributed by atoms with E-state index < -0.39 is 0 Å². The average Bonchev–Trinajstić information content (AvgIpc) is 2.71. The molecule has 2 aliphatic heterocycles. The number of rotatable bonds is 2. The second kappa shape index (κ2) is 5.62. The Balaban J connectivity index is 1.85. The van der Waals surface area contributed by atoms with Gasteiger partial charge in [0.2, 0.25) is 5.56 Å². The number of nitrogens with zero attached hydrogens (tertiary/aromatic N) is 1. The van der Waals surface area contributed by atoms with Gasteiger partial charge in [-0.05, 0) is 45.7 Å². The summed E-state index contributed by atoms with van der Waals surface area (Å²) in [6.07, 6.45) is 4.49. The summed E-state index contributed by atoms with van der Waals surface area (Å²) in [6, 6.07) is 3.38. The lowest BCUT2D eigenvalue weighted by molar-refractivity contribution is 0.00578. The van der Waals surface area contributed by atoms with Crippen LogP contribution < -0.4 is 5.56 Å². The zero-order valence-electron chi connectivity index (χ0n) is 14.5. The maximum absolute atomic E-state index is 11.5. The lowest BCUT2D eigenvalue weighted by Crippen LogP contribution is -2.41. The highest BCUT2D eigenvalue weighted by Gasteiger charge is 2.52. The van der Waals surface area contributed by atoms with E-state index in [9.17, 15) is 4.79 Å². The molecule has 0 N–H and O–H groups in total. The zero-order valence-corrected chi connectivity index (χ0v) is 14.5. The van der Waals surface area contributed by atoms with Crippen molar-refractivity contribution >= 4 is 7.12 Å². The molecule has 3 rings (SSSR count). The molecule has 1 unspecified atom stereocenters. The molecule has 1 saturated heterocycles. The Morgan fingerprint density at radius 3 is 2.43 bits per heavy atom. The molecule has 0 radical (unpaired) electrons. The molecule has 0 aromatic carbocycles. The fraction of sp³-hybridized carbons (Fsp3) is 0.588. The van der Waals surface area contributed by atoms with Crippen LogP contribution in [-0.4, -0.2) is 29.5 Å². The Labute approximate surface area is 137 Å². The van der Waals surface area contributed by atoms with Gasteiger partial charge in [0.25, 0.3) is 0 Å². The molecule has 5 nitrogen and oxygen atoms in total. The third-order valence-electron chi connectivity index (χ3n) is 5.05. The summed E-state index contributed by atoms with van der Waals surface area (Å²) in [5.41, 5.74) is 1.35. The van der Waals surface area contributed by atoms with Gasteiger partial charge in [-0.25, -0.2) is 0 Å². The van der Waals surface area contributed by atoms with E-state index in [4.69, 9.17) is 14.0 Å². The first kappa shape index (κ1) is 16.5. The average molecular weight is 317 g/mol. The van der Waals surface area contributed by atoms with Crippen molar-refractivity contribution in [1.29, 1.82) is 0 Å². The van der Waals surface area contributed by atoms with Gasteiger partial charge in [0.05, 0.1) is 17.8 Å². The van der Waals surface area contributed by atoms with Gasteiger partial charge in [0.1, 0.15) is 6.10 Å². The third kappa shape index (κ3) is 3.03. The molecule has 1 fully saturated rings. The van der Waals surface area contributed by atoms with E-state index in [1.807, 2.05) is 12.3 Å². The van der Waals surface area contributed by atoms with Crippen molar-refractivity contribution in [1.82, 2.24) is 4.57 Å². The molecule has 6 heteroatoms. The van der Waals surface area contributed by atoms with Gasteiger partial charge in [-0.2, -0.15) is 0 Å². The van der Waals surface area contributed by atoms with Crippen LogP contribution in [0.2, 0.25) is 0 Å². The van der Waals surface area contributed by atoms with Crippen LogP contribution >= 0.6 is 0 Å². The summed E-state index contributed by atoms with van der Waals surface area (Å²) < 4.78 is 19.7. The first-order chi connectivity index (χ1) is 10.7. The molecular weight excluding hydrogens is 293 g/mol. The van der Waals surface area contributed by atoms with E-state index >= 15 is 0 Å². The van der Waals surface area contributed by atoms with E-state index in [2.05, 4.69) is 33.8 Å². The topological polar surface area (TPSA) is 49.7 Å². The summed E-state index contributed by atoms with van der Waals surface area (Å²) in [5, 5.41) is 0. The number of aryl methyl sites for hydroxylation is 1. The molecule has 1 aromatic heterocycles. The first-order valence-corrected chi connectivity index (χ1v) is 8.04. The Morgan fingerprint density at radius 2 is 1.83 bits per heavy atom. The second-order valence-corrected chi connectivity index (χ2v) is 7.28. The Bertz CT molecular complexity index is 676. The standard InChI is InChI=1S/C17H24BNO4/c1-16(2)17(3,4)23-18(22-16)13-8-9-21-14(10-13)12-6-7-15(20)19(5)11-12/h6-7,10-11,14H,8-9H2,1-5H3. The van der Waals surface area contributed by atoms with Gasteiger partial charge in [-0.1, -0.05) is 6.08 Å². The maximum atomic E-state index is 11.5. The molecule has 1 aromatic rings. The SMILES string of the molecule is Cn1cc(C2C=C(B3OC(C)(C)C(C)(C)O3)CCO2)ccc1=O. The van der Waals surface area contributed by atoms with Gasteiger partial charge in [-0.3, -0.25) is 4.79 Å². The van der Waals surface area contributed by atoms with Crippen LogP contribution in [0.15, 0.2) is 34.7 Å². The van der Waals surface area contributed by atoms with Crippen LogP contribution in [0.5, 0.6) is 0 Å². The van der Waals surface area contributed by atoms with Gasteiger partial charge in [-0.15, -0.1) is 0 Å². The summed E-state index contributed by atoms with van der Waals surface area (Å²) in [5.74, 6) is 0. The largest absolute Gasteiger partial charge is 0.490 e. The number of ether oxygens (including phenoxy) is 1. The van der Waals surface area contributed by atoms with Crippen molar-refractivity contribution < 1.29 is 14.0 Å². The van der Waals surface area contributed by atoms with Crippen molar-refractivity contribution in [3.8, 4) is 0 Å². The maximum Gasteiger partial charge on any atom is 0.490 e. The molecule has 0 saturated carbocycles. The molecule has 0 aliphatic carbocycles. The predicted octanol–water partition coefficient (Wildman–Crippen LogP) is 2.40. The van der Waals surface area contributed by atoms with Crippen LogP contribution in [0.1, 0.15) is 45.8 Å². The van der Waals surface area contributed by atoms with Gasteiger partial charge in [0.15, 0.2) is 0 Å². The lowest BCUT2D eigenvalue weighted by Gasteiger charge is -2.32. The molecule has 1 atom stereocenters. The summed E-state index contributed by atoms with van der Waals surface area (Å²) in [4.78, 5) is 11.5. The molecule has 0 bridgehead atoms. The van der Waals surface area contributed by atoms with E-state index in [0.717, 1.165) is 17.5 Å². The number of hydrogen-bond donors (Lipinski definition) is 0. The van der Waals surface area contributed by atoms with Crippen molar-refractivity contribution in [2.75, 3.05) is 6.61 Å². The van der Waals surface area contributed by atoms with Crippen molar-refractivity contribution in [2.45, 2.75) is 51.4 Å². The molecule has 124 valence electrons. The fourth-order valence-electron chi connectivity index (χ4n) is 2.80. The van der Waals surface area contributed by atoms with E-state index in [1.165, 1.54) is 0 Å². The van der Waals surface area contributed by atoms with Gasteiger partial charge < -0.3 is 18.6 Å². The monoisotopic (exact) mass is 317 g/mol. The highest BCUT2D eigenvalue weighted by atomic mass is 16.7. The molecule has 2 aliphatic rings. The third-order valence-corrected chi connectivity index (χ3v) is 5.05. The summed E-state index contributed by atoms with van der Waals surface area (Å²) >= 11 is 0. The number of hydrogen-bond acceptors (Lipinski definition) is 4. The van der Waals surface area contributed by atoms with Crippen LogP contribution in [0.25, 0.3) is 0 Å². The first-order valence-electron chi connectivity index (χ1n) is 8.04. The Morgan fingerprint density at radius 1 is 1.17 bits per heavy atom. The highest BCUT2D eigenvalue weighted by Crippen LogP contribution is 2.40. The molecule has 0 amide bonds. The van der Waals surface area contributed by atoms with Crippen molar-refractivity contribution in [2.24, 2.45) is 7.05 Å². The van der Waals surface area contributed by atoms with E-state index in [-0.39, 0.29) is 30.0 Å². The van der Waals surface area contributed by atoms with Gasteiger partial charge in [0, 0.05) is 24.9 Å². The van der Waals surface area contributed by atoms with Crippen LogP contribution in [0.3, 0.4) is 0 Å². The Hall–Kier alpha value is -1.37. The van der Waals surface area contributed by atoms with E-state index in [0.29, 0.717) is 6.61 Å². The van der Waals surface area contributed by atoms with Crippen LogP contribution in [0.4, 0.5) is 0 Å². The van der Waals surface area contributed by atoms with Crippen LogP contribution in [-0.2, 0) is 21.1 Å². The zero-order chi connectivity index (χ0) is 16.8. The normalized spacial score (nSPS) is 26.2. The molecule has 3 heterocycles. The van der Waals surface area contributed by atoms with E-state index in [1.54, 1.807) is 17.7 Å². The van der Waals surface area contributed by atoms with Crippen molar-refractivity contribution in [3.05, 3.63) is 45.8 Å². The number of pyridine rings is 1. The smallest absolute Gasteiger partial charge is 0.400 e. The molecule has 23 heavy (non-hydrogen) atoms. The second-order valence-electron chi connectivity index (χ2n) is 7.28. The minimum Gasteiger partial charge on any atom is -0.400 e. The predicted molar refractivity (Wildman–Crippen MR) is 89.2 cm³/mol. The minimum absolute atomic E-state index is 0.0280. The minimum atomic E-state index is -0.344. The van der Waals surface area contributed by atoms with Crippen LogP contribution in [0, 0.1) is 0 Å². The number of aromatic nitrogens is 1. The summed E-state index contributed by atoms with van der Waals surface area (Å²) in [7, 11) is 1.41. The summed E-state index contributed by atoms with van der Waals surface area (Å²) in [6.45, 7) is 8.83. The Kier molecular flexibility index (Phi) is 4.03. The molecular formula is C17H24BNO4. The highest BCUT2D eigenvalue weighted by molar-refractivity contribution is 6.54. The fourth-order valence-corrected chi connectivity index (χ4v) is 2.80. The quantitative estimate of drug-likeness (QED) is 0.786. The van der Waals surface area contributed by atoms with Crippen molar-refractivity contribution in [3.63, 3.8) is 0 Å². The lowest BCUT2D eigenvalue weighted by atomic mass is 9.74.